The predicted molar refractivity (Wildman–Crippen MR) is 63.0 cm³/mol. The lowest BCUT2D eigenvalue weighted by molar-refractivity contribution is 0.196. The third-order valence-electron chi connectivity index (χ3n) is 2.10. The van der Waals surface area contributed by atoms with Crippen LogP contribution in [-0.4, -0.2) is 45.0 Å². The fourth-order valence-electron chi connectivity index (χ4n) is 1.24. The van der Waals surface area contributed by atoms with Gasteiger partial charge in [0.15, 0.2) is 0 Å². The number of sulfonamides is 1. The van der Waals surface area contributed by atoms with E-state index in [-0.39, 0.29) is 4.90 Å². The molecule has 0 atom stereocenters. The first kappa shape index (κ1) is 14.1. The molecule has 0 radical (unpaired) electrons. The van der Waals surface area contributed by atoms with Crippen molar-refractivity contribution in [1.29, 1.82) is 0 Å². The minimum atomic E-state index is -3.47. The zero-order chi connectivity index (χ0) is 12.7. The van der Waals surface area contributed by atoms with Crippen LogP contribution in [0.1, 0.15) is 6.42 Å². The molecule has 3 N–H and O–H groups in total. The van der Waals surface area contributed by atoms with Crippen LogP contribution in [-0.2, 0) is 21.3 Å². The molecule has 0 saturated carbocycles. The summed E-state index contributed by atoms with van der Waals surface area (Å²) in [5.74, 6) is 0. The minimum absolute atomic E-state index is 0.156. The molecule has 0 unspecified atom stereocenters. The van der Waals surface area contributed by atoms with Crippen molar-refractivity contribution in [2.75, 3.05) is 26.8 Å². The molecular weight excluding hydrogens is 244 g/mol. The molecule has 0 aliphatic carbocycles. The van der Waals surface area contributed by atoms with Crippen molar-refractivity contribution in [1.82, 2.24) is 14.5 Å². The molecule has 0 bridgehead atoms. The fraction of sp³-hybridized carbons (Fsp3) is 0.667. The molecule has 0 aliphatic heterocycles. The second kappa shape index (κ2) is 6.70. The molecule has 98 valence electrons. The van der Waals surface area contributed by atoms with E-state index in [1.807, 2.05) is 0 Å². The van der Waals surface area contributed by atoms with Crippen molar-refractivity contribution in [2.45, 2.75) is 17.9 Å². The van der Waals surface area contributed by atoms with Crippen LogP contribution in [0.4, 0.5) is 0 Å². The first-order valence-electron chi connectivity index (χ1n) is 5.31. The zero-order valence-corrected chi connectivity index (χ0v) is 10.6. The van der Waals surface area contributed by atoms with E-state index < -0.39 is 10.0 Å². The molecule has 0 aliphatic rings. The van der Waals surface area contributed by atoms with Crippen LogP contribution in [0.5, 0.6) is 0 Å². The van der Waals surface area contributed by atoms with Crippen molar-refractivity contribution < 1.29 is 13.2 Å². The van der Waals surface area contributed by atoms with E-state index in [4.69, 9.17) is 10.5 Å². The van der Waals surface area contributed by atoms with Gasteiger partial charge in [-0.05, 0) is 6.42 Å². The largest absolute Gasteiger partial charge is 0.385 e. The summed E-state index contributed by atoms with van der Waals surface area (Å²) in [6, 6.07) is 0. The smallest absolute Gasteiger partial charge is 0.243 e. The van der Waals surface area contributed by atoms with Gasteiger partial charge in [-0.2, -0.15) is 5.10 Å². The summed E-state index contributed by atoms with van der Waals surface area (Å²) in [4.78, 5) is 0.156. The molecule has 0 amide bonds. The van der Waals surface area contributed by atoms with E-state index in [0.717, 1.165) is 0 Å². The SMILES string of the molecule is COCCCNS(=O)(=O)c1cnn(CCN)c1. The Morgan fingerprint density at radius 1 is 1.59 bits per heavy atom. The number of ether oxygens (including phenoxy) is 1. The number of hydrogen-bond donors (Lipinski definition) is 2. The van der Waals surface area contributed by atoms with E-state index in [9.17, 15) is 8.42 Å². The Labute approximate surface area is 101 Å². The Kier molecular flexibility index (Phi) is 5.56. The van der Waals surface area contributed by atoms with E-state index in [1.165, 1.54) is 17.1 Å². The Hall–Kier alpha value is -0.960. The lowest BCUT2D eigenvalue weighted by Gasteiger charge is -2.03. The summed E-state index contributed by atoms with van der Waals surface area (Å²) in [5.41, 5.74) is 5.35. The van der Waals surface area contributed by atoms with Crippen LogP contribution in [0.3, 0.4) is 0 Å². The Morgan fingerprint density at radius 2 is 2.35 bits per heavy atom. The highest BCUT2D eigenvalue weighted by Gasteiger charge is 2.15. The second-order valence-electron chi connectivity index (χ2n) is 3.47. The van der Waals surface area contributed by atoms with Gasteiger partial charge >= 0.3 is 0 Å². The Bertz CT molecular complexity index is 429. The van der Waals surface area contributed by atoms with Gasteiger partial charge in [0.2, 0.25) is 10.0 Å². The van der Waals surface area contributed by atoms with E-state index >= 15 is 0 Å². The lowest BCUT2D eigenvalue weighted by atomic mass is 10.5. The fourth-order valence-corrected chi connectivity index (χ4v) is 2.27. The van der Waals surface area contributed by atoms with Gasteiger partial charge in [-0.25, -0.2) is 13.1 Å². The van der Waals surface area contributed by atoms with Crippen LogP contribution in [0.2, 0.25) is 0 Å². The van der Waals surface area contributed by atoms with Crippen molar-refractivity contribution in [3.8, 4) is 0 Å². The van der Waals surface area contributed by atoms with Crippen molar-refractivity contribution in [2.24, 2.45) is 5.73 Å². The number of methoxy groups -OCH3 is 1. The van der Waals surface area contributed by atoms with E-state index in [2.05, 4.69) is 9.82 Å². The quantitative estimate of drug-likeness (QED) is 0.595. The topological polar surface area (TPSA) is 99.2 Å². The van der Waals surface area contributed by atoms with Crippen molar-refractivity contribution in [3.05, 3.63) is 12.4 Å². The standard InChI is InChI=1S/C9H18N4O3S/c1-16-6-2-4-12-17(14,15)9-7-11-13(8-9)5-3-10/h7-8,12H,2-6,10H2,1H3. The average Bonchev–Trinajstić information content (AvgIpc) is 2.74. The maximum Gasteiger partial charge on any atom is 0.243 e. The predicted octanol–water partition coefficient (Wildman–Crippen LogP) is -0.843. The van der Waals surface area contributed by atoms with E-state index in [0.29, 0.717) is 32.7 Å². The van der Waals surface area contributed by atoms with E-state index in [1.54, 1.807) is 7.11 Å². The van der Waals surface area contributed by atoms with Crippen LogP contribution in [0.25, 0.3) is 0 Å². The number of rotatable bonds is 8. The minimum Gasteiger partial charge on any atom is -0.385 e. The zero-order valence-electron chi connectivity index (χ0n) is 9.80. The first-order valence-corrected chi connectivity index (χ1v) is 6.79. The first-order chi connectivity index (χ1) is 8.10. The van der Waals surface area contributed by atoms with Gasteiger partial charge in [0.25, 0.3) is 0 Å². The molecule has 1 rings (SSSR count). The van der Waals surface area contributed by atoms with Crippen molar-refractivity contribution in [3.63, 3.8) is 0 Å². The molecule has 8 heteroatoms. The monoisotopic (exact) mass is 262 g/mol. The molecule has 17 heavy (non-hydrogen) atoms. The van der Waals surface area contributed by atoms with Crippen LogP contribution in [0.15, 0.2) is 17.3 Å². The van der Waals surface area contributed by atoms with Gasteiger partial charge < -0.3 is 10.5 Å². The lowest BCUT2D eigenvalue weighted by Crippen LogP contribution is -2.25. The molecule has 1 aromatic heterocycles. The highest BCUT2D eigenvalue weighted by atomic mass is 32.2. The van der Waals surface area contributed by atoms with Crippen LogP contribution < -0.4 is 10.5 Å². The molecule has 1 heterocycles. The average molecular weight is 262 g/mol. The molecular formula is C9H18N4O3S. The number of aromatic nitrogens is 2. The van der Waals surface area contributed by atoms with Crippen LogP contribution in [0, 0.1) is 0 Å². The molecule has 7 nitrogen and oxygen atoms in total. The Morgan fingerprint density at radius 3 is 3.00 bits per heavy atom. The highest BCUT2D eigenvalue weighted by molar-refractivity contribution is 7.89. The molecule has 1 aromatic rings. The normalized spacial score (nSPS) is 11.9. The second-order valence-corrected chi connectivity index (χ2v) is 5.24. The summed E-state index contributed by atoms with van der Waals surface area (Å²) in [5, 5.41) is 3.91. The number of nitrogens with one attached hydrogen (secondary N) is 1. The van der Waals surface area contributed by atoms with Gasteiger partial charge in [0.1, 0.15) is 4.90 Å². The summed E-state index contributed by atoms with van der Waals surface area (Å²) >= 11 is 0. The number of nitrogens with zero attached hydrogens (tertiary/aromatic N) is 2. The van der Waals surface area contributed by atoms with Gasteiger partial charge in [0.05, 0.1) is 12.7 Å². The summed E-state index contributed by atoms with van der Waals surface area (Å²) in [7, 11) is -1.89. The highest BCUT2D eigenvalue weighted by Crippen LogP contribution is 2.06. The van der Waals surface area contributed by atoms with Gasteiger partial charge in [-0.3, -0.25) is 4.68 Å². The molecule has 0 spiro atoms. The Balaban J connectivity index is 2.56. The van der Waals surface area contributed by atoms with Gasteiger partial charge in [-0.15, -0.1) is 0 Å². The van der Waals surface area contributed by atoms with Gasteiger partial charge in [-0.1, -0.05) is 0 Å². The summed E-state index contributed by atoms with van der Waals surface area (Å²) in [6.07, 6.45) is 3.41. The number of hydrogen-bond acceptors (Lipinski definition) is 5. The van der Waals surface area contributed by atoms with Crippen molar-refractivity contribution >= 4 is 10.0 Å². The summed E-state index contributed by atoms with van der Waals surface area (Å²) in [6.45, 7) is 1.79. The molecule has 0 saturated heterocycles. The maximum atomic E-state index is 11.8. The third-order valence-corrected chi connectivity index (χ3v) is 3.51. The molecule has 0 aromatic carbocycles. The van der Waals surface area contributed by atoms with Gasteiger partial charge in [0, 0.05) is 33.0 Å². The molecule has 0 fully saturated rings. The number of nitrogens with two attached hydrogens (primary N) is 1. The summed E-state index contributed by atoms with van der Waals surface area (Å²) < 4.78 is 32.4. The third kappa shape index (κ3) is 4.43. The maximum absolute atomic E-state index is 11.8. The van der Waals surface area contributed by atoms with Crippen LogP contribution >= 0.6 is 0 Å².